The van der Waals surface area contributed by atoms with Crippen molar-refractivity contribution in [2.24, 2.45) is 0 Å². The second-order valence-electron chi connectivity index (χ2n) is 2.84. The average Bonchev–Trinajstić information content (AvgIpc) is 2.27. The van der Waals surface area contributed by atoms with Gasteiger partial charge in [-0.1, -0.05) is 29.1 Å². The van der Waals surface area contributed by atoms with Gasteiger partial charge in [0, 0.05) is 11.1 Å². The van der Waals surface area contributed by atoms with E-state index in [0.717, 1.165) is 0 Å². The minimum absolute atomic E-state index is 0.151. The zero-order valence-corrected chi connectivity index (χ0v) is 9.81. The molecule has 1 amide bonds. The maximum Gasteiger partial charge on any atom is 0.258 e. The Morgan fingerprint density at radius 1 is 1.50 bits per heavy atom. The number of rotatable bonds is 4. The van der Waals surface area contributed by atoms with E-state index < -0.39 is 0 Å². The third-order valence-corrected chi connectivity index (χ3v) is 2.19. The van der Waals surface area contributed by atoms with Gasteiger partial charge in [-0.3, -0.25) is 4.79 Å². The number of hydrogen-bond donors (Lipinski definition) is 1. The molecule has 1 N–H and O–H groups in total. The first-order valence-electron chi connectivity index (χ1n) is 4.41. The summed E-state index contributed by atoms with van der Waals surface area (Å²) in [5.74, 6) is 2.34. The number of nitrogens with one attached hydrogen (secondary N) is 1. The topological polar surface area (TPSA) is 38.3 Å². The van der Waals surface area contributed by atoms with Crippen LogP contribution in [-0.2, 0) is 4.79 Å². The van der Waals surface area contributed by atoms with Gasteiger partial charge in [-0.05, 0) is 12.1 Å². The Kier molecular flexibility index (Phi) is 4.97. The van der Waals surface area contributed by atoms with Crippen LogP contribution >= 0.6 is 23.2 Å². The molecule has 1 aromatic carbocycles. The number of amides is 1. The van der Waals surface area contributed by atoms with Gasteiger partial charge in [0.15, 0.2) is 6.61 Å². The van der Waals surface area contributed by atoms with Crippen molar-refractivity contribution >= 4 is 29.1 Å². The van der Waals surface area contributed by atoms with Gasteiger partial charge in [0.25, 0.3) is 5.91 Å². The first kappa shape index (κ1) is 12.7. The summed E-state index contributed by atoms with van der Waals surface area (Å²) in [6, 6.07) is 4.77. The van der Waals surface area contributed by atoms with E-state index in [0.29, 0.717) is 15.8 Å². The van der Waals surface area contributed by atoms with Crippen LogP contribution in [0.1, 0.15) is 0 Å². The lowest BCUT2D eigenvalue weighted by molar-refractivity contribution is -0.122. The molecule has 0 aliphatic heterocycles. The molecule has 0 aliphatic carbocycles. The molecular formula is C11H9Cl2NO2. The van der Waals surface area contributed by atoms with Crippen LogP contribution < -0.4 is 10.1 Å². The van der Waals surface area contributed by atoms with E-state index in [1.807, 2.05) is 0 Å². The average molecular weight is 258 g/mol. The zero-order valence-electron chi connectivity index (χ0n) is 8.30. The lowest BCUT2D eigenvalue weighted by Gasteiger charge is -2.07. The van der Waals surface area contributed by atoms with Gasteiger partial charge in [-0.25, -0.2) is 0 Å². The molecular weight excluding hydrogens is 249 g/mol. The molecule has 0 bridgehead atoms. The second-order valence-corrected chi connectivity index (χ2v) is 3.69. The number of carbonyl (C=O) groups excluding carboxylic acids is 1. The van der Waals surface area contributed by atoms with Crippen molar-refractivity contribution in [2.75, 3.05) is 13.2 Å². The Morgan fingerprint density at radius 2 is 2.25 bits per heavy atom. The molecule has 0 spiro atoms. The predicted molar refractivity (Wildman–Crippen MR) is 63.8 cm³/mol. The van der Waals surface area contributed by atoms with Crippen LogP contribution in [0.2, 0.25) is 10.0 Å². The van der Waals surface area contributed by atoms with Crippen LogP contribution in [-0.4, -0.2) is 19.1 Å². The van der Waals surface area contributed by atoms with E-state index in [2.05, 4.69) is 11.2 Å². The molecule has 16 heavy (non-hydrogen) atoms. The van der Waals surface area contributed by atoms with E-state index in [4.69, 9.17) is 34.4 Å². The number of hydrogen-bond acceptors (Lipinski definition) is 2. The fourth-order valence-electron chi connectivity index (χ4n) is 0.932. The fourth-order valence-corrected chi connectivity index (χ4v) is 1.27. The molecule has 0 fully saturated rings. The highest BCUT2D eigenvalue weighted by atomic mass is 35.5. The van der Waals surface area contributed by atoms with E-state index in [1.54, 1.807) is 18.2 Å². The van der Waals surface area contributed by atoms with Crippen molar-refractivity contribution in [3.8, 4) is 18.1 Å². The SMILES string of the molecule is C#CCNC(=O)COc1cc(Cl)ccc1Cl. The summed E-state index contributed by atoms with van der Waals surface area (Å²) in [6.45, 7) is 0.0210. The van der Waals surface area contributed by atoms with E-state index in [1.165, 1.54) is 0 Å². The first-order valence-corrected chi connectivity index (χ1v) is 5.17. The highest BCUT2D eigenvalue weighted by Gasteiger charge is 2.05. The molecule has 1 rings (SSSR count). The zero-order chi connectivity index (χ0) is 12.0. The Hall–Kier alpha value is -1.37. The van der Waals surface area contributed by atoms with Gasteiger partial charge in [-0.15, -0.1) is 6.42 Å². The molecule has 84 valence electrons. The van der Waals surface area contributed by atoms with Crippen molar-refractivity contribution in [1.82, 2.24) is 5.32 Å². The largest absolute Gasteiger partial charge is 0.482 e. The molecule has 0 heterocycles. The lowest BCUT2D eigenvalue weighted by atomic mass is 10.3. The van der Waals surface area contributed by atoms with Crippen LogP contribution in [0.25, 0.3) is 0 Å². The van der Waals surface area contributed by atoms with Crippen LogP contribution in [0.15, 0.2) is 18.2 Å². The summed E-state index contributed by atoms with van der Waals surface area (Å²) in [5.41, 5.74) is 0. The Labute approximate surface area is 104 Å². The number of benzene rings is 1. The molecule has 0 radical (unpaired) electrons. The molecule has 0 aliphatic rings. The molecule has 0 saturated heterocycles. The quantitative estimate of drug-likeness (QED) is 0.840. The number of halogens is 2. The molecule has 0 unspecified atom stereocenters. The van der Waals surface area contributed by atoms with Crippen LogP contribution in [0, 0.1) is 12.3 Å². The summed E-state index contributed by atoms with van der Waals surface area (Å²) in [6.07, 6.45) is 4.98. The van der Waals surface area contributed by atoms with Gasteiger partial charge in [-0.2, -0.15) is 0 Å². The van der Waals surface area contributed by atoms with Crippen LogP contribution in [0.4, 0.5) is 0 Å². The summed E-state index contributed by atoms with van der Waals surface area (Å²) in [5, 5.41) is 3.35. The maximum absolute atomic E-state index is 11.2. The second kappa shape index (κ2) is 6.26. The lowest BCUT2D eigenvalue weighted by Crippen LogP contribution is -2.29. The number of ether oxygens (including phenoxy) is 1. The summed E-state index contributed by atoms with van der Waals surface area (Å²) in [4.78, 5) is 11.2. The summed E-state index contributed by atoms with van der Waals surface area (Å²) < 4.78 is 5.18. The third kappa shape index (κ3) is 4.01. The Bertz CT molecular complexity index is 426. The minimum atomic E-state index is -0.311. The van der Waals surface area contributed by atoms with E-state index >= 15 is 0 Å². The normalized spacial score (nSPS) is 9.31. The molecule has 0 saturated carbocycles. The molecule has 3 nitrogen and oxygen atoms in total. The molecule has 0 aromatic heterocycles. The number of terminal acetylenes is 1. The standard InChI is InChI=1S/C11H9Cl2NO2/c1-2-5-14-11(15)7-16-10-6-8(12)3-4-9(10)13/h1,3-4,6H,5,7H2,(H,14,15). The molecule has 1 aromatic rings. The highest BCUT2D eigenvalue weighted by molar-refractivity contribution is 6.34. The predicted octanol–water partition coefficient (Wildman–Crippen LogP) is 2.12. The van der Waals surface area contributed by atoms with E-state index in [-0.39, 0.29) is 19.1 Å². The van der Waals surface area contributed by atoms with Crippen LogP contribution in [0.3, 0.4) is 0 Å². The maximum atomic E-state index is 11.2. The minimum Gasteiger partial charge on any atom is -0.482 e. The van der Waals surface area contributed by atoms with E-state index in [9.17, 15) is 4.79 Å². The van der Waals surface area contributed by atoms with Gasteiger partial charge >= 0.3 is 0 Å². The third-order valence-electron chi connectivity index (χ3n) is 1.64. The summed E-state index contributed by atoms with van der Waals surface area (Å²) in [7, 11) is 0. The van der Waals surface area contributed by atoms with Crippen molar-refractivity contribution < 1.29 is 9.53 Å². The highest BCUT2D eigenvalue weighted by Crippen LogP contribution is 2.27. The van der Waals surface area contributed by atoms with Crippen molar-refractivity contribution in [2.45, 2.75) is 0 Å². The van der Waals surface area contributed by atoms with Crippen LogP contribution in [0.5, 0.6) is 5.75 Å². The fraction of sp³-hybridized carbons (Fsp3) is 0.182. The van der Waals surface area contributed by atoms with Gasteiger partial charge < -0.3 is 10.1 Å². The Morgan fingerprint density at radius 3 is 2.94 bits per heavy atom. The smallest absolute Gasteiger partial charge is 0.258 e. The van der Waals surface area contributed by atoms with Crippen molar-refractivity contribution in [1.29, 1.82) is 0 Å². The van der Waals surface area contributed by atoms with Gasteiger partial charge in [0.2, 0.25) is 0 Å². The van der Waals surface area contributed by atoms with Crippen molar-refractivity contribution in [3.05, 3.63) is 28.2 Å². The van der Waals surface area contributed by atoms with Crippen molar-refractivity contribution in [3.63, 3.8) is 0 Å². The summed E-state index contributed by atoms with van der Waals surface area (Å²) >= 11 is 11.6. The molecule has 5 heteroatoms. The first-order chi connectivity index (χ1) is 7.63. The van der Waals surface area contributed by atoms with Gasteiger partial charge in [0.05, 0.1) is 11.6 Å². The van der Waals surface area contributed by atoms with Gasteiger partial charge in [0.1, 0.15) is 5.75 Å². The molecule has 0 atom stereocenters. The Balaban J connectivity index is 2.51. The monoisotopic (exact) mass is 257 g/mol. The number of carbonyl (C=O) groups is 1.